The molecule has 0 radical (unpaired) electrons. The van der Waals surface area contributed by atoms with Gasteiger partial charge in [-0.25, -0.2) is 0 Å². The summed E-state index contributed by atoms with van der Waals surface area (Å²) in [6.07, 6.45) is -1.32. The maximum Gasteiger partial charge on any atom is 0.406 e. The maximum absolute atomic E-state index is 12.8. The number of thioether (sulfide) groups is 1. The fourth-order valence-corrected chi connectivity index (χ4v) is 2.84. The van der Waals surface area contributed by atoms with Gasteiger partial charge in [0.05, 0.1) is 18.5 Å². The number of halogens is 3. The summed E-state index contributed by atoms with van der Waals surface area (Å²) in [5.74, 6) is 0.192. The fourth-order valence-electron chi connectivity index (χ4n) is 1.84. The molecule has 0 aliphatic carbocycles. The molecule has 112 valence electrons. The summed E-state index contributed by atoms with van der Waals surface area (Å²) >= 11 is 1.26. The lowest BCUT2D eigenvalue weighted by molar-refractivity contribution is -0.141. The zero-order valence-corrected chi connectivity index (χ0v) is 11.6. The summed E-state index contributed by atoms with van der Waals surface area (Å²) in [6.45, 7) is -0.0736. The van der Waals surface area contributed by atoms with Gasteiger partial charge < -0.3 is 4.74 Å². The first-order chi connectivity index (χ1) is 10.0. The van der Waals surface area contributed by atoms with Crippen molar-refractivity contribution in [2.45, 2.75) is 23.1 Å². The van der Waals surface area contributed by atoms with Crippen LogP contribution in [0.2, 0.25) is 0 Å². The molecule has 0 amide bonds. The van der Waals surface area contributed by atoms with Gasteiger partial charge in [-0.05, 0) is 12.1 Å². The van der Waals surface area contributed by atoms with Crippen molar-refractivity contribution in [2.75, 3.05) is 13.2 Å². The quantitative estimate of drug-likeness (QED) is 0.867. The van der Waals surface area contributed by atoms with Gasteiger partial charge in [-0.1, -0.05) is 11.8 Å². The number of nitrogens with zero attached hydrogens (tertiary/aromatic N) is 4. The summed E-state index contributed by atoms with van der Waals surface area (Å²) in [5.41, 5.74) is 0.554. The highest BCUT2D eigenvalue weighted by atomic mass is 32.2. The molecule has 0 bridgehead atoms. The van der Waals surface area contributed by atoms with E-state index in [0.717, 1.165) is 4.57 Å². The van der Waals surface area contributed by atoms with E-state index in [1.807, 2.05) is 0 Å². The fraction of sp³-hybridized carbons (Fsp3) is 0.417. The lowest BCUT2D eigenvalue weighted by atomic mass is 10.2. The van der Waals surface area contributed by atoms with Crippen molar-refractivity contribution in [2.24, 2.45) is 0 Å². The summed E-state index contributed by atoms with van der Waals surface area (Å²) in [6, 6.07) is 3.22. The highest BCUT2D eigenvalue weighted by Gasteiger charge is 2.32. The highest BCUT2D eigenvalue weighted by Crippen LogP contribution is 2.32. The maximum atomic E-state index is 12.8. The molecule has 0 aromatic carbocycles. The summed E-state index contributed by atoms with van der Waals surface area (Å²) in [4.78, 5) is 3.85. The Hall–Kier alpha value is -1.61. The van der Waals surface area contributed by atoms with Crippen LogP contribution in [0.25, 0.3) is 11.4 Å². The predicted octanol–water partition coefficient (Wildman–Crippen LogP) is 2.39. The van der Waals surface area contributed by atoms with Crippen LogP contribution >= 0.6 is 11.8 Å². The minimum Gasteiger partial charge on any atom is -0.379 e. The third-order valence-electron chi connectivity index (χ3n) is 2.87. The average molecular weight is 316 g/mol. The molecule has 0 N–H and O–H groups in total. The van der Waals surface area contributed by atoms with E-state index < -0.39 is 12.7 Å². The van der Waals surface area contributed by atoms with Crippen molar-refractivity contribution >= 4 is 11.8 Å². The van der Waals surface area contributed by atoms with Gasteiger partial charge in [0.25, 0.3) is 0 Å². The topological polar surface area (TPSA) is 52.8 Å². The molecule has 1 aliphatic rings. The Bertz CT molecular complexity index is 613. The van der Waals surface area contributed by atoms with Crippen LogP contribution in [0.1, 0.15) is 0 Å². The summed E-state index contributed by atoms with van der Waals surface area (Å²) in [7, 11) is 0. The van der Waals surface area contributed by atoms with Gasteiger partial charge in [-0.3, -0.25) is 9.55 Å². The SMILES string of the molecule is FC(F)(F)Cn1c(SC2COC2)nnc1-c1ccncc1. The molecule has 21 heavy (non-hydrogen) atoms. The van der Waals surface area contributed by atoms with Gasteiger partial charge in [0.15, 0.2) is 11.0 Å². The summed E-state index contributed by atoms with van der Waals surface area (Å²) in [5, 5.41) is 8.19. The number of rotatable bonds is 4. The van der Waals surface area contributed by atoms with E-state index in [1.54, 1.807) is 12.1 Å². The van der Waals surface area contributed by atoms with Crippen LogP contribution in [0, 0.1) is 0 Å². The Balaban J connectivity index is 1.95. The van der Waals surface area contributed by atoms with Crippen LogP contribution in [0.3, 0.4) is 0 Å². The average Bonchev–Trinajstić information content (AvgIpc) is 2.76. The highest BCUT2D eigenvalue weighted by molar-refractivity contribution is 7.99. The number of ether oxygens (including phenoxy) is 1. The largest absolute Gasteiger partial charge is 0.406 e. The van der Waals surface area contributed by atoms with E-state index in [9.17, 15) is 13.2 Å². The van der Waals surface area contributed by atoms with Crippen LogP contribution in [0.5, 0.6) is 0 Å². The molecule has 1 saturated heterocycles. The first-order valence-electron chi connectivity index (χ1n) is 6.18. The van der Waals surface area contributed by atoms with Crippen molar-refractivity contribution in [3.8, 4) is 11.4 Å². The lowest BCUT2D eigenvalue weighted by Gasteiger charge is -2.24. The van der Waals surface area contributed by atoms with Crippen LogP contribution in [0.4, 0.5) is 13.2 Å². The number of hydrogen-bond donors (Lipinski definition) is 0. The minimum absolute atomic E-state index is 0.131. The molecular formula is C12H11F3N4OS. The predicted molar refractivity (Wildman–Crippen MR) is 69.8 cm³/mol. The molecule has 9 heteroatoms. The van der Waals surface area contributed by atoms with Gasteiger partial charge in [0.1, 0.15) is 6.54 Å². The molecule has 3 heterocycles. The molecule has 0 atom stereocenters. The molecule has 1 fully saturated rings. The van der Waals surface area contributed by atoms with Crippen molar-refractivity contribution in [1.82, 2.24) is 19.7 Å². The molecule has 1 aliphatic heterocycles. The van der Waals surface area contributed by atoms with Crippen molar-refractivity contribution in [3.05, 3.63) is 24.5 Å². The second-order valence-electron chi connectivity index (χ2n) is 4.52. The van der Waals surface area contributed by atoms with E-state index in [2.05, 4.69) is 15.2 Å². The molecule has 2 aromatic heterocycles. The van der Waals surface area contributed by atoms with E-state index >= 15 is 0 Å². The van der Waals surface area contributed by atoms with Gasteiger partial charge in [0, 0.05) is 18.0 Å². The van der Waals surface area contributed by atoms with E-state index in [1.165, 1.54) is 24.2 Å². The molecule has 3 rings (SSSR count). The standard InChI is InChI=1S/C12H11F3N4OS/c13-12(14,15)7-19-10(8-1-3-16-4-2-8)17-18-11(19)21-9-5-20-6-9/h1-4,9H,5-7H2. The van der Waals surface area contributed by atoms with Gasteiger partial charge in [-0.2, -0.15) is 13.2 Å². The Labute approximate surface area is 122 Å². The van der Waals surface area contributed by atoms with Crippen molar-refractivity contribution in [3.63, 3.8) is 0 Å². The number of pyridine rings is 1. The first-order valence-corrected chi connectivity index (χ1v) is 7.05. The first kappa shape index (κ1) is 14.3. The zero-order valence-electron chi connectivity index (χ0n) is 10.7. The molecule has 0 unspecified atom stereocenters. The monoisotopic (exact) mass is 316 g/mol. The molecule has 0 saturated carbocycles. The number of alkyl halides is 3. The van der Waals surface area contributed by atoms with Crippen LogP contribution in [0.15, 0.2) is 29.7 Å². The molecular weight excluding hydrogens is 305 g/mol. The van der Waals surface area contributed by atoms with Gasteiger partial charge in [0.2, 0.25) is 0 Å². The lowest BCUT2D eigenvalue weighted by Crippen LogP contribution is -2.31. The number of aromatic nitrogens is 4. The van der Waals surface area contributed by atoms with Gasteiger partial charge >= 0.3 is 6.18 Å². The third-order valence-corrected chi connectivity index (χ3v) is 3.99. The van der Waals surface area contributed by atoms with Crippen LogP contribution < -0.4 is 0 Å². The van der Waals surface area contributed by atoms with E-state index in [4.69, 9.17) is 4.74 Å². The molecule has 5 nitrogen and oxygen atoms in total. The van der Waals surface area contributed by atoms with Crippen molar-refractivity contribution in [1.29, 1.82) is 0 Å². The minimum atomic E-state index is -4.34. The third kappa shape index (κ3) is 3.35. The Kier molecular flexibility index (Phi) is 3.85. The smallest absolute Gasteiger partial charge is 0.379 e. The van der Waals surface area contributed by atoms with E-state index in [-0.39, 0.29) is 16.2 Å². The molecule has 0 spiro atoms. The Morgan fingerprint density at radius 2 is 1.95 bits per heavy atom. The summed E-state index contributed by atoms with van der Waals surface area (Å²) < 4.78 is 44.5. The second-order valence-corrected chi connectivity index (χ2v) is 5.79. The normalized spacial score (nSPS) is 16.0. The van der Waals surface area contributed by atoms with Crippen LogP contribution in [-0.2, 0) is 11.3 Å². The van der Waals surface area contributed by atoms with Crippen molar-refractivity contribution < 1.29 is 17.9 Å². The molecule has 2 aromatic rings. The van der Waals surface area contributed by atoms with E-state index in [0.29, 0.717) is 18.8 Å². The zero-order chi connectivity index (χ0) is 14.9. The Morgan fingerprint density at radius 1 is 1.24 bits per heavy atom. The van der Waals surface area contributed by atoms with Crippen LogP contribution in [-0.4, -0.2) is 44.4 Å². The van der Waals surface area contributed by atoms with Gasteiger partial charge in [-0.15, -0.1) is 10.2 Å². The Morgan fingerprint density at radius 3 is 2.52 bits per heavy atom. The number of hydrogen-bond acceptors (Lipinski definition) is 5. The second kappa shape index (κ2) is 5.64.